The minimum absolute atomic E-state index is 0.748. The van der Waals surface area contributed by atoms with Crippen molar-refractivity contribution in [1.29, 1.82) is 0 Å². The monoisotopic (exact) mass is 238 g/mol. The summed E-state index contributed by atoms with van der Waals surface area (Å²) in [6.07, 6.45) is 6.72. The third kappa shape index (κ3) is 3.35. The molecule has 1 saturated heterocycles. The summed E-state index contributed by atoms with van der Waals surface area (Å²) < 4.78 is 0. The number of hydrogen-bond acceptors (Lipinski definition) is 2. The zero-order valence-electron chi connectivity index (χ0n) is 11.1. The van der Waals surface area contributed by atoms with Crippen LogP contribution in [0, 0.1) is 0 Å². The van der Waals surface area contributed by atoms with E-state index in [1.165, 1.54) is 25.7 Å². The first kappa shape index (κ1) is 12.7. The number of rotatable bonds is 3. The SMILES string of the molecule is CCCN=C(N)N1CCN(C2CCCC2)CC1. The van der Waals surface area contributed by atoms with Crippen molar-refractivity contribution in [3.05, 3.63) is 0 Å². The number of guanidine groups is 1. The number of aliphatic imine (C=N–C) groups is 1. The van der Waals surface area contributed by atoms with Crippen LogP contribution in [0.1, 0.15) is 39.0 Å². The maximum absolute atomic E-state index is 5.99. The second kappa shape index (κ2) is 6.24. The molecule has 98 valence electrons. The summed E-state index contributed by atoms with van der Waals surface area (Å²) in [6, 6.07) is 0.853. The normalized spacial score (nSPS) is 24.5. The third-order valence-electron chi connectivity index (χ3n) is 3.98. The molecule has 0 aromatic heterocycles. The number of piperazine rings is 1. The Kier molecular flexibility index (Phi) is 4.66. The van der Waals surface area contributed by atoms with Crippen LogP contribution in [0.15, 0.2) is 4.99 Å². The van der Waals surface area contributed by atoms with Crippen molar-refractivity contribution in [1.82, 2.24) is 9.80 Å². The lowest BCUT2D eigenvalue weighted by Crippen LogP contribution is -2.53. The van der Waals surface area contributed by atoms with Gasteiger partial charge < -0.3 is 10.6 Å². The Balaban J connectivity index is 1.77. The van der Waals surface area contributed by atoms with Gasteiger partial charge in [0.15, 0.2) is 5.96 Å². The minimum Gasteiger partial charge on any atom is -0.370 e. The van der Waals surface area contributed by atoms with Crippen molar-refractivity contribution < 1.29 is 0 Å². The Morgan fingerprint density at radius 1 is 1.18 bits per heavy atom. The zero-order valence-corrected chi connectivity index (χ0v) is 11.1. The molecule has 4 heteroatoms. The van der Waals surface area contributed by atoms with Gasteiger partial charge >= 0.3 is 0 Å². The highest BCUT2D eigenvalue weighted by atomic mass is 15.3. The van der Waals surface area contributed by atoms with Gasteiger partial charge in [-0.25, -0.2) is 0 Å². The lowest BCUT2D eigenvalue weighted by atomic mass is 10.2. The summed E-state index contributed by atoms with van der Waals surface area (Å²) in [4.78, 5) is 9.28. The van der Waals surface area contributed by atoms with E-state index in [1.54, 1.807) is 0 Å². The summed E-state index contributed by atoms with van der Waals surface area (Å²) in [5.74, 6) is 0.748. The molecule has 4 nitrogen and oxygen atoms in total. The quantitative estimate of drug-likeness (QED) is 0.595. The molecule has 1 heterocycles. The van der Waals surface area contributed by atoms with Gasteiger partial charge in [0.2, 0.25) is 0 Å². The van der Waals surface area contributed by atoms with E-state index in [2.05, 4.69) is 21.7 Å². The number of hydrogen-bond donors (Lipinski definition) is 1. The van der Waals surface area contributed by atoms with Crippen molar-refractivity contribution in [2.24, 2.45) is 10.7 Å². The van der Waals surface area contributed by atoms with E-state index in [4.69, 9.17) is 5.73 Å². The van der Waals surface area contributed by atoms with Crippen LogP contribution in [-0.2, 0) is 0 Å². The van der Waals surface area contributed by atoms with Crippen LogP contribution in [0.2, 0.25) is 0 Å². The van der Waals surface area contributed by atoms with Gasteiger partial charge in [-0.3, -0.25) is 9.89 Å². The van der Waals surface area contributed by atoms with Crippen molar-refractivity contribution in [3.63, 3.8) is 0 Å². The highest BCUT2D eigenvalue weighted by Gasteiger charge is 2.26. The molecule has 2 rings (SSSR count). The Bertz CT molecular complexity index is 250. The minimum atomic E-state index is 0.748. The van der Waals surface area contributed by atoms with Crippen LogP contribution in [-0.4, -0.2) is 54.5 Å². The van der Waals surface area contributed by atoms with Gasteiger partial charge in [-0.1, -0.05) is 19.8 Å². The highest BCUT2D eigenvalue weighted by Crippen LogP contribution is 2.24. The average Bonchev–Trinajstić information content (AvgIpc) is 2.90. The van der Waals surface area contributed by atoms with Crippen LogP contribution >= 0.6 is 0 Å². The fraction of sp³-hybridized carbons (Fsp3) is 0.923. The van der Waals surface area contributed by atoms with Crippen LogP contribution < -0.4 is 5.73 Å². The Morgan fingerprint density at radius 3 is 2.41 bits per heavy atom. The second-order valence-corrected chi connectivity index (χ2v) is 5.20. The molecular weight excluding hydrogens is 212 g/mol. The second-order valence-electron chi connectivity index (χ2n) is 5.20. The average molecular weight is 238 g/mol. The van der Waals surface area contributed by atoms with E-state index in [0.29, 0.717) is 0 Å². The van der Waals surface area contributed by atoms with Gasteiger partial charge in [-0.2, -0.15) is 0 Å². The molecule has 1 aliphatic heterocycles. The first-order valence-electron chi connectivity index (χ1n) is 7.10. The Labute approximate surface area is 105 Å². The van der Waals surface area contributed by atoms with Crippen LogP contribution in [0.25, 0.3) is 0 Å². The van der Waals surface area contributed by atoms with Gasteiger partial charge in [-0.05, 0) is 19.3 Å². The predicted molar refractivity (Wildman–Crippen MR) is 72.2 cm³/mol. The topological polar surface area (TPSA) is 44.9 Å². The van der Waals surface area contributed by atoms with Crippen LogP contribution in [0.3, 0.4) is 0 Å². The smallest absolute Gasteiger partial charge is 0.191 e. The summed E-state index contributed by atoms with van der Waals surface area (Å²) >= 11 is 0. The van der Waals surface area contributed by atoms with Crippen molar-refractivity contribution in [2.45, 2.75) is 45.1 Å². The van der Waals surface area contributed by atoms with E-state index in [0.717, 1.165) is 51.1 Å². The summed E-state index contributed by atoms with van der Waals surface area (Å²) in [5, 5.41) is 0. The molecule has 0 atom stereocenters. The first-order chi connectivity index (χ1) is 8.31. The molecular formula is C13H26N4. The van der Waals surface area contributed by atoms with Crippen molar-refractivity contribution in [2.75, 3.05) is 32.7 Å². The molecule has 0 aromatic rings. The Hall–Kier alpha value is -0.770. The molecule has 2 fully saturated rings. The van der Waals surface area contributed by atoms with Crippen LogP contribution in [0.5, 0.6) is 0 Å². The van der Waals surface area contributed by atoms with E-state index in [9.17, 15) is 0 Å². The van der Waals surface area contributed by atoms with Gasteiger partial charge in [0.1, 0.15) is 0 Å². The van der Waals surface area contributed by atoms with Gasteiger partial charge in [0, 0.05) is 38.8 Å². The molecule has 2 aliphatic rings. The molecule has 1 aliphatic carbocycles. The lowest BCUT2D eigenvalue weighted by molar-refractivity contribution is 0.133. The standard InChI is InChI=1S/C13H26N4/c1-2-7-15-13(14)17-10-8-16(9-11-17)12-5-3-4-6-12/h12H,2-11H2,1H3,(H2,14,15). The fourth-order valence-electron chi connectivity index (χ4n) is 2.91. The molecule has 0 spiro atoms. The van der Waals surface area contributed by atoms with Gasteiger partial charge in [0.25, 0.3) is 0 Å². The first-order valence-corrected chi connectivity index (χ1v) is 7.10. The van der Waals surface area contributed by atoms with E-state index >= 15 is 0 Å². The molecule has 17 heavy (non-hydrogen) atoms. The Morgan fingerprint density at radius 2 is 1.82 bits per heavy atom. The highest BCUT2D eigenvalue weighted by molar-refractivity contribution is 5.78. The maximum atomic E-state index is 5.99. The third-order valence-corrected chi connectivity index (χ3v) is 3.98. The van der Waals surface area contributed by atoms with Gasteiger partial charge in [0.05, 0.1) is 0 Å². The molecule has 1 saturated carbocycles. The molecule has 0 radical (unpaired) electrons. The summed E-state index contributed by atoms with van der Waals surface area (Å²) in [5.41, 5.74) is 5.99. The predicted octanol–water partition coefficient (Wildman–Crippen LogP) is 1.27. The van der Waals surface area contributed by atoms with E-state index in [-0.39, 0.29) is 0 Å². The lowest BCUT2D eigenvalue weighted by Gasteiger charge is -2.38. The fourth-order valence-corrected chi connectivity index (χ4v) is 2.91. The largest absolute Gasteiger partial charge is 0.370 e. The van der Waals surface area contributed by atoms with Crippen molar-refractivity contribution in [3.8, 4) is 0 Å². The van der Waals surface area contributed by atoms with Crippen molar-refractivity contribution >= 4 is 5.96 Å². The molecule has 0 aromatic carbocycles. The van der Waals surface area contributed by atoms with Gasteiger partial charge in [-0.15, -0.1) is 0 Å². The maximum Gasteiger partial charge on any atom is 0.191 e. The van der Waals surface area contributed by atoms with Crippen LogP contribution in [0.4, 0.5) is 0 Å². The molecule has 0 amide bonds. The molecule has 0 bridgehead atoms. The molecule has 2 N–H and O–H groups in total. The molecule has 0 unspecified atom stereocenters. The summed E-state index contributed by atoms with van der Waals surface area (Å²) in [6.45, 7) is 7.41. The number of nitrogens with zero attached hydrogens (tertiary/aromatic N) is 3. The van der Waals surface area contributed by atoms with E-state index < -0.39 is 0 Å². The number of nitrogens with two attached hydrogens (primary N) is 1. The summed E-state index contributed by atoms with van der Waals surface area (Å²) in [7, 11) is 0. The zero-order chi connectivity index (χ0) is 12.1. The van der Waals surface area contributed by atoms with E-state index in [1.807, 2.05) is 0 Å².